The molecule has 0 fully saturated rings. The van der Waals surface area contributed by atoms with Gasteiger partial charge in [-0.2, -0.15) is 0 Å². The van der Waals surface area contributed by atoms with Crippen molar-refractivity contribution in [2.45, 2.75) is 26.8 Å². The van der Waals surface area contributed by atoms with Crippen LogP contribution in [0.2, 0.25) is 0 Å². The minimum atomic E-state index is 0.782. The monoisotopic (exact) mass is 163 g/mol. The molecule has 1 nitrogen and oxygen atoms in total. The topological polar surface area (TPSA) is 3.24 Å². The molecule has 2 heteroatoms. The maximum atomic E-state index is 2.48. The van der Waals surface area contributed by atoms with Crippen LogP contribution < -0.4 is 0 Å². The summed E-state index contributed by atoms with van der Waals surface area (Å²) in [6, 6.07) is 0.782. The Balaban J connectivity index is 3.14. The third-order valence-corrected chi connectivity index (χ3v) is 4.87. The standard InChI is InChI=1S/C5H15GeN/c1-4-7(6)5(2)3/h5H,4H2,1-3,6H3. The fourth-order valence-corrected chi connectivity index (χ4v) is 0.365. The van der Waals surface area contributed by atoms with Crippen molar-refractivity contribution in [1.82, 2.24) is 3.86 Å². The van der Waals surface area contributed by atoms with Gasteiger partial charge in [-0.25, -0.2) is 0 Å². The zero-order chi connectivity index (χ0) is 5.86. The summed E-state index contributed by atoms with van der Waals surface area (Å²) in [6.07, 6.45) is 0. The molecule has 0 saturated heterocycles. The zero-order valence-corrected chi connectivity index (χ0v) is 9.93. The summed E-state index contributed by atoms with van der Waals surface area (Å²) >= 11 is 0.885. The van der Waals surface area contributed by atoms with Crippen LogP contribution in [0, 0.1) is 0 Å². The number of rotatable bonds is 2. The van der Waals surface area contributed by atoms with Crippen molar-refractivity contribution < 1.29 is 0 Å². The first kappa shape index (κ1) is 7.50. The molecule has 0 aliphatic rings. The predicted octanol–water partition coefficient (Wildman–Crippen LogP) is -0.00290. The Hall–Kier alpha value is 0.503. The van der Waals surface area contributed by atoms with Gasteiger partial charge in [0.25, 0.3) is 0 Å². The van der Waals surface area contributed by atoms with Crippen molar-refractivity contribution >= 4 is 16.7 Å². The van der Waals surface area contributed by atoms with E-state index in [4.69, 9.17) is 0 Å². The van der Waals surface area contributed by atoms with Crippen molar-refractivity contribution in [3.63, 3.8) is 0 Å². The second kappa shape index (κ2) is 3.50. The Morgan fingerprint density at radius 1 is 1.57 bits per heavy atom. The molecule has 0 radical (unpaired) electrons. The fourth-order valence-electron chi connectivity index (χ4n) is 0.365. The Bertz CT molecular complexity index is 45.3. The van der Waals surface area contributed by atoms with Gasteiger partial charge in [0.05, 0.1) is 0 Å². The number of hydrogen-bond acceptors (Lipinski definition) is 1. The molecule has 44 valence electrons. The SMILES string of the molecule is CC[N]([GeH3])C(C)C. The molecule has 0 bridgehead atoms. The summed E-state index contributed by atoms with van der Waals surface area (Å²) in [7, 11) is 0. The van der Waals surface area contributed by atoms with Crippen LogP contribution >= 0.6 is 0 Å². The molecular formula is C5H15GeN. The van der Waals surface area contributed by atoms with Crippen LogP contribution in [0.25, 0.3) is 0 Å². The molecule has 0 aliphatic heterocycles. The summed E-state index contributed by atoms with van der Waals surface area (Å²) in [6.45, 7) is 7.94. The second-order valence-corrected chi connectivity index (χ2v) is 4.58. The summed E-state index contributed by atoms with van der Waals surface area (Å²) in [4.78, 5) is 0. The quantitative estimate of drug-likeness (QED) is 0.516. The molecule has 0 atom stereocenters. The van der Waals surface area contributed by atoms with Crippen molar-refractivity contribution in [3.8, 4) is 0 Å². The average molecular weight is 162 g/mol. The van der Waals surface area contributed by atoms with Crippen molar-refractivity contribution in [3.05, 3.63) is 0 Å². The van der Waals surface area contributed by atoms with Gasteiger partial charge in [-0.3, -0.25) is 0 Å². The predicted molar refractivity (Wildman–Crippen MR) is 37.5 cm³/mol. The van der Waals surface area contributed by atoms with E-state index < -0.39 is 0 Å². The van der Waals surface area contributed by atoms with Crippen LogP contribution in [0.15, 0.2) is 0 Å². The first-order valence-corrected chi connectivity index (χ1v) is 4.76. The summed E-state index contributed by atoms with van der Waals surface area (Å²) in [5.41, 5.74) is 0. The van der Waals surface area contributed by atoms with Crippen molar-refractivity contribution in [2.75, 3.05) is 6.54 Å². The molecule has 0 spiro atoms. The van der Waals surface area contributed by atoms with E-state index in [-0.39, 0.29) is 0 Å². The van der Waals surface area contributed by atoms with Crippen molar-refractivity contribution in [2.24, 2.45) is 0 Å². The molecule has 0 saturated carbocycles. The van der Waals surface area contributed by atoms with E-state index in [9.17, 15) is 0 Å². The van der Waals surface area contributed by atoms with E-state index >= 15 is 0 Å². The van der Waals surface area contributed by atoms with Crippen LogP contribution in [-0.4, -0.2) is 33.2 Å². The molecule has 0 heterocycles. The third-order valence-electron chi connectivity index (χ3n) is 1.38. The van der Waals surface area contributed by atoms with Gasteiger partial charge in [0.1, 0.15) is 0 Å². The van der Waals surface area contributed by atoms with Crippen LogP contribution in [0.5, 0.6) is 0 Å². The van der Waals surface area contributed by atoms with E-state index in [1.54, 1.807) is 0 Å². The average Bonchev–Trinajstić information content (AvgIpc) is 1.65. The van der Waals surface area contributed by atoms with Gasteiger partial charge < -0.3 is 0 Å². The third kappa shape index (κ3) is 3.12. The van der Waals surface area contributed by atoms with E-state index in [0.29, 0.717) is 0 Å². The minimum absolute atomic E-state index is 0.782. The molecule has 0 amide bonds. The number of hydrogen-bond donors (Lipinski definition) is 0. The molecule has 0 N–H and O–H groups in total. The van der Waals surface area contributed by atoms with E-state index in [2.05, 4.69) is 24.6 Å². The first-order chi connectivity index (χ1) is 3.18. The zero-order valence-electron chi connectivity index (χ0n) is 5.73. The van der Waals surface area contributed by atoms with Crippen molar-refractivity contribution in [1.29, 1.82) is 0 Å². The van der Waals surface area contributed by atoms with Gasteiger partial charge in [-0.15, -0.1) is 0 Å². The second-order valence-electron chi connectivity index (χ2n) is 2.17. The molecule has 0 aromatic rings. The molecule has 7 heavy (non-hydrogen) atoms. The van der Waals surface area contributed by atoms with Gasteiger partial charge in [0.15, 0.2) is 0 Å². The van der Waals surface area contributed by atoms with Gasteiger partial charge in [-0.05, 0) is 0 Å². The van der Waals surface area contributed by atoms with Gasteiger partial charge in [0, 0.05) is 0 Å². The first-order valence-electron chi connectivity index (χ1n) is 2.88. The Labute approximate surface area is 54.5 Å². The molecule has 0 unspecified atom stereocenters. The summed E-state index contributed by atoms with van der Waals surface area (Å²) < 4.78 is 2.48. The van der Waals surface area contributed by atoms with Gasteiger partial charge >= 0.3 is 54.0 Å². The normalized spacial score (nSPS) is 11.6. The van der Waals surface area contributed by atoms with E-state index in [0.717, 1.165) is 22.8 Å². The Morgan fingerprint density at radius 2 is 2.00 bits per heavy atom. The molecule has 0 rings (SSSR count). The van der Waals surface area contributed by atoms with Gasteiger partial charge in [-0.1, -0.05) is 0 Å². The van der Waals surface area contributed by atoms with Crippen LogP contribution in [0.3, 0.4) is 0 Å². The maximum absolute atomic E-state index is 2.48. The van der Waals surface area contributed by atoms with E-state index in [1.165, 1.54) is 6.54 Å². The fraction of sp³-hybridized carbons (Fsp3) is 1.00. The molecule has 0 aromatic carbocycles. The van der Waals surface area contributed by atoms with Crippen LogP contribution in [0.1, 0.15) is 20.8 Å². The molecular weight excluding hydrogens is 147 g/mol. The summed E-state index contributed by atoms with van der Waals surface area (Å²) in [5.74, 6) is 0. The Morgan fingerprint density at radius 3 is 2.00 bits per heavy atom. The Kier molecular flexibility index (Phi) is 3.75. The summed E-state index contributed by atoms with van der Waals surface area (Å²) in [5, 5.41) is 0. The van der Waals surface area contributed by atoms with Crippen LogP contribution in [0.4, 0.5) is 0 Å². The van der Waals surface area contributed by atoms with Gasteiger partial charge in [0.2, 0.25) is 0 Å². The van der Waals surface area contributed by atoms with Crippen LogP contribution in [-0.2, 0) is 0 Å². The molecule has 0 aromatic heterocycles. The number of nitrogens with zero attached hydrogens (tertiary/aromatic N) is 1. The van der Waals surface area contributed by atoms with E-state index in [1.807, 2.05) is 0 Å². The molecule has 0 aliphatic carbocycles.